The zero-order valence-corrected chi connectivity index (χ0v) is 14.0. The molecule has 0 radical (unpaired) electrons. The van der Waals surface area contributed by atoms with Gasteiger partial charge in [0.2, 0.25) is 10.0 Å². The molecule has 0 aliphatic heterocycles. The van der Waals surface area contributed by atoms with Crippen LogP contribution in [0.25, 0.3) is 0 Å². The van der Waals surface area contributed by atoms with Gasteiger partial charge < -0.3 is 4.90 Å². The predicted molar refractivity (Wildman–Crippen MR) is 88.2 cm³/mol. The highest BCUT2D eigenvalue weighted by atomic mass is 32.2. The van der Waals surface area contributed by atoms with Crippen molar-refractivity contribution < 1.29 is 13.3 Å². The van der Waals surface area contributed by atoms with Gasteiger partial charge in [-0.1, -0.05) is 48.5 Å². The summed E-state index contributed by atoms with van der Waals surface area (Å²) in [6, 6.07) is 18.4. The standard InChI is InChI=1S/C17H22N2O2S/c1-17(19(2)3,15-10-6-4-7-11-15)14-18-22(20,21)16-12-8-5-9-13-16/h4-13,18H,14H2,1-3H3/p+1/t17-/m1/s1. The minimum atomic E-state index is -3.50. The molecule has 2 aromatic rings. The molecular formula is C17H23N2O2S+. The van der Waals surface area contributed by atoms with E-state index in [1.54, 1.807) is 30.3 Å². The highest BCUT2D eigenvalue weighted by molar-refractivity contribution is 7.89. The molecule has 0 saturated carbocycles. The predicted octanol–water partition coefficient (Wildman–Crippen LogP) is 1.02. The lowest BCUT2D eigenvalue weighted by Gasteiger charge is -2.33. The van der Waals surface area contributed by atoms with Gasteiger partial charge in [-0.15, -0.1) is 0 Å². The summed E-state index contributed by atoms with van der Waals surface area (Å²) < 4.78 is 27.6. The van der Waals surface area contributed by atoms with Gasteiger partial charge in [-0.05, 0) is 19.1 Å². The average molecular weight is 319 g/mol. The average Bonchev–Trinajstić information content (AvgIpc) is 2.54. The van der Waals surface area contributed by atoms with Crippen molar-refractivity contribution in [1.29, 1.82) is 0 Å². The fourth-order valence-electron chi connectivity index (χ4n) is 2.30. The third-order valence-corrected chi connectivity index (χ3v) is 5.60. The lowest BCUT2D eigenvalue weighted by molar-refractivity contribution is -0.920. The van der Waals surface area contributed by atoms with Crippen LogP contribution in [-0.2, 0) is 15.6 Å². The van der Waals surface area contributed by atoms with Crippen molar-refractivity contribution in [2.75, 3.05) is 20.6 Å². The highest BCUT2D eigenvalue weighted by Crippen LogP contribution is 2.17. The second-order valence-electron chi connectivity index (χ2n) is 5.84. The van der Waals surface area contributed by atoms with Crippen molar-refractivity contribution in [3.63, 3.8) is 0 Å². The van der Waals surface area contributed by atoms with Gasteiger partial charge in [0.25, 0.3) is 0 Å². The number of likely N-dealkylation sites (N-methyl/N-ethyl adjacent to an activating group) is 1. The van der Waals surface area contributed by atoms with Gasteiger partial charge in [-0.2, -0.15) is 0 Å². The van der Waals surface area contributed by atoms with E-state index >= 15 is 0 Å². The minimum absolute atomic E-state index is 0.291. The van der Waals surface area contributed by atoms with E-state index in [-0.39, 0.29) is 5.54 Å². The van der Waals surface area contributed by atoms with Gasteiger partial charge in [-0.25, -0.2) is 13.1 Å². The molecule has 0 saturated heterocycles. The van der Waals surface area contributed by atoms with Crippen molar-refractivity contribution in [3.05, 3.63) is 66.2 Å². The molecule has 22 heavy (non-hydrogen) atoms. The Balaban J connectivity index is 2.24. The van der Waals surface area contributed by atoms with Crippen LogP contribution in [0.15, 0.2) is 65.6 Å². The summed E-state index contributed by atoms with van der Waals surface area (Å²) in [7, 11) is 0.565. The summed E-state index contributed by atoms with van der Waals surface area (Å²) in [5, 5.41) is 0. The Kier molecular flexibility index (Phi) is 5.01. The third kappa shape index (κ3) is 3.55. The molecule has 0 unspecified atom stereocenters. The SMILES string of the molecule is C[NH+](C)[C@](C)(CNS(=O)(=O)c1ccccc1)c1ccccc1. The number of nitrogens with one attached hydrogen (secondary N) is 2. The molecule has 0 aliphatic carbocycles. The smallest absolute Gasteiger partial charge is 0.240 e. The zero-order chi connectivity index (χ0) is 16.2. The van der Waals surface area contributed by atoms with Gasteiger partial charge in [0, 0.05) is 5.56 Å². The quantitative estimate of drug-likeness (QED) is 0.835. The summed E-state index contributed by atoms with van der Waals surface area (Å²) >= 11 is 0. The van der Waals surface area contributed by atoms with Gasteiger partial charge in [-0.3, -0.25) is 0 Å². The molecule has 2 N–H and O–H groups in total. The Morgan fingerprint density at radius 1 is 0.955 bits per heavy atom. The topological polar surface area (TPSA) is 50.6 Å². The number of rotatable bonds is 6. The second kappa shape index (κ2) is 6.60. The van der Waals surface area contributed by atoms with Crippen molar-refractivity contribution in [3.8, 4) is 0 Å². The maximum atomic E-state index is 12.4. The van der Waals surface area contributed by atoms with Crippen molar-refractivity contribution in [2.45, 2.75) is 17.4 Å². The fourth-order valence-corrected chi connectivity index (χ4v) is 3.46. The lowest BCUT2D eigenvalue weighted by atomic mass is 9.91. The van der Waals surface area contributed by atoms with Crippen molar-refractivity contribution in [2.24, 2.45) is 0 Å². The fraction of sp³-hybridized carbons (Fsp3) is 0.294. The molecule has 0 amide bonds. The Labute approximate surface area is 132 Å². The van der Waals surface area contributed by atoms with Crippen LogP contribution >= 0.6 is 0 Å². The van der Waals surface area contributed by atoms with Gasteiger partial charge >= 0.3 is 0 Å². The van der Waals surface area contributed by atoms with Crippen LogP contribution in [0.2, 0.25) is 0 Å². The highest BCUT2D eigenvalue weighted by Gasteiger charge is 2.34. The maximum Gasteiger partial charge on any atom is 0.240 e. The molecular weight excluding hydrogens is 296 g/mol. The van der Waals surface area contributed by atoms with E-state index in [1.807, 2.05) is 44.4 Å². The van der Waals surface area contributed by atoms with E-state index in [0.29, 0.717) is 11.4 Å². The number of hydrogen-bond acceptors (Lipinski definition) is 2. The summed E-state index contributed by atoms with van der Waals surface area (Å²) in [6.45, 7) is 2.39. The van der Waals surface area contributed by atoms with Crippen LogP contribution in [0.5, 0.6) is 0 Å². The number of hydrogen-bond donors (Lipinski definition) is 2. The number of sulfonamides is 1. The van der Waals surface area contributed by atoms with Crippen LogP contribution in [0.3, 0.4) is 0 Å². The van der Waals surface area contributed by atoms with E-state index in [9.17, 15) is 8.42 Å². The number of benzene rings is 2. The van der Waals surface area contributed by atoms with Crippen LogP contribution < -0.4 is 9.62 Å². The van der Waals surface area contributed by atoms with Gasteiger partial charge in [0.15, 0.2) is 0 Å². The molecule has 0 aromatic heterocycles. The molecule has 0 bridgehead atoms. The van der Waals surface area contributed by atoms with E-state index in [2.05, 4.69) is 11.6 Å². The Hall–Kier alpha value is -1.69. The molecule has 1 atom stereocenters. The van der Waals surface area contributed by atoms with E-state index in [4.69, 9.17) is 0 Å². The Morgan fingerprint density at radius 2 is 1.45 bits per heavy atom. The van der Waals surface area contributed by atoms with Crippen molar-refractivity contribution >= 4 is 10.0 Å². The first kappa shape index (κ1) is 16.7. The molecule has 0 spiro atoms. The second-order valence-corrected chi connectivity index (χ2v) is 7.60. The third-order valence-electron chi connectivity index (χ3n) is 4.18. The first-order valence-corrected chi connectivity index (χ1v) is 8.75. The van der Waals surface area contributed by atoms with E-state index in [1.165, 1.54) is 0 Å². The van der Waals surface area contributed by atoms with Crippen LogP contribution in [-0.4, -0.2) is 29.1 Å². The van der Waals surface area contributed by atoms with Crippen LogP contribution in [0.4, 0.5) is 0 Å². The molecule has 0 heterocycles. The van der Waals surface area contributed by atoms with Gasteiger partial charge in [0.05, 0.1) is 25.5 Å². The molecule has 2 aromatic carbocycles. The van der Waals surface area contributed by atoms with E-state index in [0.717, 1.165) is 10.5 Å². The first-order chi connectivity index (χ1) is 10.4. The summed E-state index contributed by atoms with van der Waals surface area (Å²) in [5.41, 5.74) is 0.758. The molecule has 4 nitrogen and oxygen atoms in total. The van der Waals surface area contributed by atoms with E-state index < -0.39 is 10.0 Å². The molecule has 5 heteroatoms. The monoisotopic (exact) mass is 319 g/mol. The molecule has 2 rings (SSSR count). The van der Waals surface area contributed by atoms with Gasteiger partial charge in [0.1, 0.15) is 5.54 Å². The van der Waals surface area contributed by atoms with Crippen LogP contribution in [0, 0.1) is 0 Å². The summed E-state index contributed by atoms with van der Waals surface area (Å²) in [4.78, 5) is 1.45. The summed E-state index contributed by atoms with van der Waals surface area (Å²) in [6.07, 6.45) is 0. The Bertz CT molecular complexity index is 700. The number of quaternary nitrogens is 1. The van der Waals surface area contributed by atoms with Crippen LogP contribution in [0.1, 0.15) is 12.5 Å². The lowest BCUT2D eigenvalue weighted by Crippen LogP contribution is -3.14. The first-order valence-electron chi connectivity index (χ1n) is 7.27. The molecule has 0 aliphatic rings. The molecule has 118 valence electrons. The largest absolute Gasteiger partial charge is 0.330 e. The minimum Gasteiger partial charge on any atom is -0.330 e. The zero-order valence-electron chi connectivity index (χ0n) is 13.2. The molecule has 0 fully saturated rings. The van der Waals surface area contributed by atoms with Crippen molar-refractivity contribution in [1.82, 2.24) is 4.72 Å². The normalized spacial score (nSPS) is 14.7. The Morgan fingerprint density at radius 3 is 1.95 bits per heavy atom. The maximum absolute atomic E-state index is 12.4. The summed E-state index contributed by atoms with van der Waals surface area (Å²) in [5.74, 6) is 0.